The molecule has 0 aliphatic rings. The van der Waals surface area contributed by atoms with E-state index >= 15 is 0 Å². The lowest BCUT2D eigenvalue weighted by molar-refractivity contribution is -0.119. The van der Waals surface area contributed by atoms with Crippen molar-refractivity contribution >= 4 is 11.9 Å². The Morgan fingerprint density at radius 3 is 2.90 bits per heavy atom. The van der Waals surface area contributed by atoms with Gasteiger partial charge in [-0.2, -0.15) is 0 Å². The zero-order chi connectivity index (χ0) is 14.8. The molecule has 0 spiro atoms. The van der Waals surface area contributed by atoms with Gasteiger partial charge in [-0.1, -0.05) is 12.0 Å². The zero-order valence-electron chi connectivity index (χ0n) is 12.3. The number of methoxy groups -OCH3 is 1. The summed E-state index contributed by atoms with van der Waals surface area (Å²) in [7, 11) is 3.32. The van der Waals surface area contributed by atoms with Crippen molar-refractivity contribution in [3.8, 4) is 0 Å². The lowest BCUT2D eigenvalue weighted by atomic mass is 10.5. The maximum Gasteiger partial charge on any atom is 0.318 e. The summed E-state index contributed by atoms with van der Waals surface area (Å²) in [6.45, 7) is 4.66. The minimum absolute atomic E-state index is 0.117. The van der Waals surface area contributed by atoms with Crippen molar-refractivity contribution in [2.45, 2.75) is 19.9 Å². The van der Waals surface area contributed by atoms with Gasteiger partial charge in [-0.15, -0.1) is 5.10 Å². The van der Waals surface area contributed by atoms with Crippen LogP contribution in [0, 0.1) is 0 Å². The predicted octanol–water partition coefficient (Wildman–Crippen LogP) is -0.232. The van der Waals surface area contributed by atoms with Crippen molar-refractivity contribution < 1.29 is 13.9 Å². The molecule has 0 saturated heterocycles. The normalized spacial score (nSPS) is 10.6. The fourth-order valence-electron chi connectivity index (χ4n) is 1.47. The van der Waals surface area contributed by atoms with Gasteiger partial charge >= 0.3 is 6.01 Å². The van der Waals surface area contributed by atoms with E-state index in [1.165, 1.54) is 0 Å². The lowest BCUT2D eigenvalue weighted by Crippen LogP contribution is -2.36. The lowest BCUT2D eigenvalue weighted by Gasteiger charge is -2.13. The van der Waals surface area contributed by atoms with Crippen LogP contribution >= 0.6 is 0 Å². The van der Waals surface area contributed by atoms with E-state index in [0.29, 0.717) is 31.6 Å². The minimum Gasteiger partial charge on any atom is -0.407 e. The first kappa shape index (κ1) is 16.4. The summed E-state index contributed by atoms with van der Waals surface area (Å²) in [4.78, 5) is 13.2. The molecule has 8 nitrogen and oxygen atoms in total. The van der Waals surface area contributed by atoms with Crippen LogP contribution in [0.5, 0.6) is 0 Å². The highest BCUT2D eigenvalue weighted by Crippen LogP contribution is 2.09. The van der Waals surface area contributed by atoms with Crippen molar-refractivity contribution in [3.63, 3.8) is 0 Å². The van der Waals surface area contributed by atoms with E-state index < -0.39 is 0 Å². The molecule has 0 aliphatic carbocycles. The first-order valence-corrected chi connectivity index (χ1v) is 6.67. The van der Waals surface area contributed by atoms with Crippen LogP contribution in [0.15, 0.2) is 4.42 Å². The van der Waals surface area contributed by atoms with Crippen molar-refractivity contribution in [2.75, 3.05) is 45.3 Å². The van der Waals surface area contributed by atoms with E-state index in [-0.39, 0.29) is 12.5 Å². The Morgan fingerprint density at radius 2 is 2.20 bits per heavy atom. The highest BCUT2D eigenvalue weighted by molar-refractivity contribution is 5.80. The summed E-state index contributed by atoms with van der Waals surface area (Å²) in [5, 5.41) is 13.7. The van der Waals surface area contributed by atoms with Gasteiger partial charge in [0, 0.05) is 20.7 Å². The van der Waals surface area contributed by atoms with Crippen LogP contribution in [0.3, 0.4) is 0 Å². The molecule has 0 aliphatic heterocycles. The number of carbonyl (C=O) groups excluding carboxylic acids is 1. The van der Waals surface area contributed by atoms with Crippen molar-refractivity contribution in [1.82, 2.24) is 20.8 Å². The number of aromatic nitrogens is 2. The fourth-order valence-corrected chi connectivity index (χ4v) is 1.47. The van der Waals surface area contributed by atoms with Crippen molar-refractivity contribution in [3.05, 3.63) is 5.89 Å². The number of amides is 1. The average molecular weight is 285 g/mol. The SMILES string of the molecule is CCCNCc1nnc(N(C)CC(=O)NCCOC)o1. The Balaban J connectivity index is 2.35. The number of rotatable bonds is 10. The van der Waals surface area contributed by atoms with Gasteiger partial charge in [0.1, 0.15) is 6.54 Å². The summed E-state index contributed by atoms with van der Waals surface area (Å²) >= 11 is 0. The maximum atomic E-state index is 11.6. The smallest absolute Gasteiger partial charge is 0.318 e. The molecule has 0 fully saturated rings. The molecule has 1 rings (SSSR count). The molecule has 0 bridgehead atoms. The minimum atomic E-state index is -0.117. The number of nitrogens with zero attached hydrogens (tertiary/aromatic N) is 3. The van der Waals surface area contributed by atoms with E-state index in [1.54, 1.807) is 19.1 Å². The molecule has 0 aromatic carbocycles. The molecule has 1 aromatic heterocycles. The van der Waals surface area contributed by atoms with Crippen molar-refractivity contribution in [1.29, 1.82) is 0 Å². The van der Waals surface area contributed by atoms with Gasteiger partial charge in [0.05, 0.1) is 13.2 Å². The van der Waals surface area contributed by atoms with Crippen LogP contribution in [0.4, 0.5) is 6.01 Å². The average Bonchev–Trinajstić information content (AvgIpc) is 2.88. The number of ether oxygens (including phenoxy) is 1. The van der Waals surface area contributed by atoms with Crippen LogP contribution in [0.1, 0.15) is 19.2 Å². The van der Waals surface area contributed by atoms with Gasteiger partial charge in [-0.3, -0.25) is 4.79 Å². The third-order valence-electron chi connectivity index (χ3n) is 2.49. The maximum absolute atomic E-state index is 11.6. The Hall–Kier alpha value is -1.67. The first-order valence-electron chi connectivity index (χ1n) is 6.67. The van der Waals surface area contributed by atoms with Gasteiger partial charge in [0.2, 0.25) is 11.8 Å². The van der Waals surface area contributed by atoms with E-state index in [0.717, 1.165) is 13.0 Å². The zero-order valence-corrected chi connectivity index (χ0v) is 12.3. The Morgan fingerprint density at radius 1 is 1.40 bits per heavy atom. The predicted molar refractivity (Wildman–Crippen MR) is 74.5 cm³/mol. The van der Waals surface area contributed by atoms with E-state index in [2.05, 4.69) is 27.8 Å². The van der Waals surface area contributed by atoms with Gasteiger partial charge in [0.25, 0.3) is 0 Å². The molecule has 0 saturated carbocycles. The molecule has 1 heterocycles. The summed E-state index contributed by atoms with van der Waals surface area (Å²) in [5.41, 5.74) is 0. The standard InChI is InChI=1S/C12H23N5O3/c1-4-5-13-8-11-15-16-12(20-11)17(2)9-10(18)14-6-7-19-3/h13H,4-9H2,1-3H3,(H,14,18). The van der Waals surface area contributed by atoms with Crippen molar-refractivity contribution in [2.24, 2.45) is 0 Å². The molecule has 114 valence electrons. The number of anilines is 1. The van der Waals surface area contributed by atoms with Crippen LogP contribution in [0.2, 0.25) is 0 Å². The molecule has 8 heteroatoms. The number of likely N-dealkylation sites (N-methyl/N-ethyl adjacent to an activating group) is 1. The van der Waals surface area contributed by atoms with E-state index in [4.69, 9.17) is 9.15 Å². The molecule has 0 atom stereocenters. The second kappa shape index (κ2) is 9.27. The molecule has 1 amide bonds. The fraction of sp³-hybridized carbons (Fsp3) is 0.750. The highest BCUT2D eigenvalue weighted by atomic mass is 16.5. The number of carbonyl (C=O) groups is 1. The molecule has 2 N–H and O–H groups in total. The third kappa shape index (κ3) is 5.98. The molecular formula is C12H23N5O3. The second-order valence-electron chi connectivity index (χ2n) is 4.35. The first-order chi connectivity index (χ1) is 9.67. The summed E-state index contributed by atoms with van der Waals surface area (Å²) in [6, 6.07) is 0.334. The monoisotopic (exact) mass is 285 g/mol. The summed E-state index contributed by atoms with van der Waals surface area (Å²) in [5.74, 6) is 0.397. The van der Waals surface area contributed by atoms with E-state index in [1.807, 2.05) is 0 Å². The molecule has 0 radical (unpaired) electrons. The van der Waals surface area contributed by atoms with Crippen LogP contribution < -0.4 is 15.5 Å². The summed E-state index contributed by atoms with van der Waals surface area (Å²) < 4.78 is 10.3. The largest absolute Gasteiger partial charge is 0.407 e. The van der Waals surface area contributed by atoms with Crippen LogP contribution in [-0.2, 0) is 16.1 Å². The topological polar surface area (TPSA) is 92.5 Å². The molecule has 20 heavy (non-hydrogen) atoms. The van der Waals surface area contributed by atoms with Gasteiger partial charge in [0.15, 0.2) is 0 Å². The number of nitrogens with one attached hydrogen (secondary N) is 2. The Bertz CT molecular complexity index is 396. The third-order valence-corrected chi connectivity index (χ3v) is 2.49. The molecule has 0 unspecified atom stereocenters. The Kier molecular flexibility index (Phi) is 7.59. The number of hydrogen-bond acceptors (Lipinski definition) is 7. The van der Waals surface area contributed by atoms with E-state index in [9.17, 15) is 4.79 Å². The quantitative estimate of drug-likeness (QED) is 0.573. The second-order valence-corrected chi connectivity index (χ2v) is 4.35. The highest BCUT2D eigenvalue weighted by Gasteiger charge is 2.13. The van der Waals surface area contributed by atoms with Crippen LogP contribution in [-0.4, -0.2) is 56.5 Å². The molecule has 1 aromatic rings. The van der Waals surface area contributed by atoms with Gasteiger partial charge in [-0.25, -0.2) is 0 Å². The molecular weight excluding hydrogens is 262 g/mol. The Labute approximate surface area is 118 Å². The van der Waals surface area contributed by atoms with Gasteiger partial charge in [-0.05, 0) is 13.0 Å². The number of hydrogen-bond donors (Lipinski definition) is 2. The van der Waals surface area contributed by atoms with Crippen LogP contribution in [0.25, 0.3) is 0 Å². The van der Waals surface area contributed by atoms with Gasteiger partial charge < -0.3 is 24.7 Å². The summed E-state index contributed by atoms with van der Waals surface area (Å²) in [6.07, 6.45) is 1.04.